The Morgan fingerprint density at radius 1 is 0.917 bits per heavy atom. The molecule has 36 heavy (non-hydrogen) atoms. The monoisotopic (exact) mass is 500 g/mol. The van der Waals surface area contributed by atoms with Gasteiger partial charge in [0.1, 0.15) is 0 Å². The molecule has 5 nitrogen and oxygen atoms in total. The summed E-state index contributed by atoms with van der Waals surface area (Å²) in [6.07, 6.45) is 0. The summed E-state index contributed by atoms with van der Waals surface area (Å²) < 4.78 is 0. The molecule has 1 aliphatic rings. The Morgan fingerprint density at radius 3 is 2.28 bits per heavy atom. The molecule has 188 valence electrons. The lowest BCUT2D eigenvalue weighted by atomic mass is 10.0. The van der Waals surface area contributed by atoms with Gasteiger partial charge in [0, 0.05) is 50.5 Å². The Labute approximate surface area is 220 Å². The molecule has 0 spiro atoms. The van der Waals surface area contributed by atoms with E-state index in [1.165, 1.54) is 5.56 Å². The average molecular weight is 501 g/mol. The van der Waals surface area contributed by atoms with Crippen molar-refractivity contribution in [2.24, 2.45) is 5.92 Å². The van der Waals surface area contributed by atoms with E-state index in [9.17, 15) is 4.79 Å². The second-order valence-corrected chi connectivity index (χ2v) is 10.3. The van der Waals surface area contributed by atoms with Crippen LogP contribution in [0.4, 0.5) is 5.69 Å². The molecule has 1 heterocycles. The number of hydrogen-bond donors (Lipinski definition) is 1. The van der Waals surface area contributed by atoms with E-state index in [-0.39, 0.29) is 5.91 Å². The van der Waals surface area contributed by atoms with E-state index >= 15 is 0 Å². The summed E-state index contributed by atoms with van der Waals surface area (Å²) in [6, 6.07) is 26.6. The van der Waals surface area contributed by atoms with E-state index in [4.69, 9.17) is 12.2 Å². The SMILES string of the molecule is CC(C)CN(Cc1ccc(-c2cccc(C(=O)N3CCN(C)CC3)c2)cc1)C(=S)Nc1ccccc1. The maximum absolute atomic E-state index is 13.0. The van der Waals surface area contributed by atoms with Crippen LogP contribution in [0.15, 0.2) is 78.9 Å². The first-order valence-corrected chi connectivity index (χ1v) is 13.1. The van der Waals surface area contributed by atoms with Crippen LogP contribution in [0, 0.1) is 5.92 Å². The standard InChI is InChI=1S/C30H36N4OS/c1-23(2)21-34(30(36)31-28-10-5-4-6-11-28)22-24-12-14-25(15-13-24)26-8-7-9-27(20-26)29(35)33-18-16-32(3)17-19-33/h4-15,20,23H,16-19,21-22H2,1-3H3,(H,31,36). The number of piperazine rings is 1. The lowest BCUT2D eigenvalue weighted by molar-refractivity contribution is 0.0664. The summed E-state index contributed by atoms with van der Waals surface area (Å²) in [5.41, 5.74) is 5.11. The van der Waals surface area contributed by atoms with E-state index in [1.807, 2.05) is 53.4 Å². The topological polar surface area (TPSA) is 38.8 Å². The molecule has 0 atom stereocenters. The number of nitrogens with zero attached hydrogens (tertiary/aromatic N) is 3. The molecule has 0 bridgehead atoms. The van der Waals surface area contributed by atoms with Crippen LogP contribution in [0.5, 0.6) is 0 Å². The van der Waals surface area contributed by atoms with Crippen LogP contribution in [0.3, 0.4) is 0 Å². The molecule has 6 heteroatoms. The minimum absolute atomic E-state index is 0.116. The third kappa shape index (κ3) is 6.93. The van der Waals surface area contributed by atoms with Crippen molar-refractivity contribution in [1.82, 2.24) is 14.7 Å². The van der Waals surface area contributed by atoms with Gasteiger partial charge in [-0.1, -0.05) is 68.4 Å². The van der Waals surface area contributed by atoms with E-state index in [0.29, 0.717) is 5.92 Å². The second-order valence-electron chi connectivity index (χ2n) is 9.94. The zero-order valence-corrected chi connectivity index (χ0v) is 22.3. The van der Waals surface area contributed by atoms with Gasteiger partial charge in [0.25, 0.3) is 5.91 Å². The maximum atomic E-state index is 13.0. The van der Waals surface area contributed by atoms with E-state index < -0.39 is 0 Å². The normalized spacial score (nSPS) is 14.1. The van der Waals surface area contributed by atoms with E-state index in [0.717, 1.165) is 66.8 Å². The van der Waals surface area contributed by atoms with Crippen LogP contribution in [-0.2, 0) is 6.54 Å². The molecule has 0 saturated carbocycles. The third-order valence-electron chi connectivity index (χ3n) is 6.46. The fourth-order valence-corrected chi connectivity index (χ4v) is 4.69. The van der Waals surface area contributed by atoms with Crippen molar-refractivity contribution in [3.63, 3.8) is 0 Å². The van der Waals surface area contributed by atoms with E-state index in [1.54, 1.807) is 0 Å². The molecule has 0 aromatic heterocycles. The predicted molar refractivity (Wildman–Crippen MR) is 153 cm³/mol. The number of amides is 1. The van der Waals surface area contributed by atoms with Gasteiger partial charge in [0.15, 0.2) is 5.11 Å². The molecule has 1 saturated heterocycles. The Bertz CT molecular complexity index is 1160. The summed E-state index contributed by atoms with van der Waals surface area (Å²) >= 11 is 5.75. The number of likely N-dealkylation sites (N-methyl/N-ethyl adjacent to an activating group) is 1. The first-order valence-electron chi connectivity index (χ1n) is 12.7. The van der Waals surface area contributed by atoms with Gasteiger partial charge in [-0.3, -0.25) is 4.79 Å². The highest BCUT2D eigenvalue weighted by Crippen LogP contribution is 2.23. The minimum Gasteiger partial charge on any atom is -0.344 e. The van der Waals surface area contributed by atoms with Crippen molar-refractivity contribution in [3.8, 4) is 11.1 Å². The number of anilines is 1. The average Bonchev–Trinajstić information content (AvgIpc) is 2.89. The highest BCUT2D eigenvalue weighted by molar-refractivity contribution is 7.80. The molecular formula is C30H36N4OS. The van der Waals surface area contributed by atoms with Gasteiger partial charge in [0.05, 0.1) is 0 Å². The van der Waals surface area contributed by atoms with Gasteiger partial charge < -0.3 is 20.0 Å². The van der Waals surface area contributed by atoms with Gasteiger partial charge in [-0.05, 0) is 66.1 Å². The Morgan fingerprint density at radius 2 is 1.61 bits per heavy atom. The van der Waals surface area contributed by atoms with Gasteiger partial charge in [0.2, 0.25) is 0 Å². The molecule has 0 unspecified atom stereocenters. The summed E-state index contributed by atoms with van der Waals surface area (Å²) in [7, 11) is 2.10. The largest absolute Gasteiger partial charge is 0.344 e. The highest BCUT2D eigenvalue weighted by Gasteiger charge is 2.20. The molecule has 0 radical (unpaired) electrons. The maximum Gasteiger partial charge on any atom is 0.253 e. The number of thiocarbonyl (C=S) groups is 1. The zero-order chi connectivity index (χ0) is 25.5. The molecule has 1 amide bonds. The molecule has 4 rings (SSSR count). The van der Waals surface area contributed by atoms with Crippen LogP contribution >= 0.6 is 12.2 Å². The summed E-state index contributed by atoms with van der Waals surface area (Å²) in [5.74, 6) is 0.603. The molecule has 1 aliphatic heterocycles. The quantitative estimate of drug-likeness (QED) is 0.428. The van der Waals surface area contributed by atoms with Crippen molar-refractivity contribution in [2.45, 2.75) is 20.4 Å². The first kappa shape index (κ1) is 25.9. The first-order chi connectivity index (χ1) is 17.4. The van der Waals surface area contributed by atoms with E-state index in [2.05, 4.69) is 66.3 Å². The number of nitrogens with one attached hydrogen (secondary N) is 1. The van der Waals surface area contributed by atoms with Crippen molar-refractivity contribution < 1.29 is 4.79 Å². The molecule has 0 aliphatic carbocycles. The smallest absolute Gasteiger partial charge is 0.253 e. The van der Waals surface area contributed by atoms with Gasteiger partial charge in [-0.15, -0.1) is 0 Å². The van der Waals surface area contributed by atoms with Crippen molar-refractivity contribution in [1.29, 1.82) is 0 Å². The Hall–Kier alpha value is -3.22. The number of benzene rings is 3. The van der Waals surface area contributed by atoms with Crippen LogP contribution in [0.25, 0.3) is 11.1 Å². The summed E-state index contributed by atoms with van der Waals surface area (Å²) in [4.78, 5) is 19.5. The number of para-hydroxylation sites is 1. The molecule has 1 fully saturated rings. The van der Waals surface area contributed by atoms with Crippen molar-refractivity contribution >= 4 is 28.9 Å². The van der Waals surface area contributed by atoms with Crippen molar-refractivity contribution in [3.05, 3.63) is 90.0 Å². The van der Waals surface area contributed by atoms with Gasteiger partial charge >= 0.3 is 0 Å². The van der Waals surface area contributed by atoms with Crippen LogP contribution in [0.1, 0.15) is 29.8 Å². The van der Waals surface area contributed by atoms with Crippen LogP contribution in [0.2, 0.25) is 0 Å². The lowest BCUT2D eigenvalue weighted by Crippen LogP contribution is -2.47. The van der Waals surface area contributed by atoms with Crippen molar-refractivity contribution in [2.75, 3.05) is 45.1 Å². The van der Waals surface area contributed by atoms with Gasteiger partial charge in [-0.2, -0.15) is 0 Å². The van der Waals surface area contributed by atoms with Gasteiger partial charge in [-0.25, -0.2) is 0 Å². The lowest BCUT2D eigenvalue weighted by Gasteiger charge is -2.32. The molecule has 3 aromatic rings. The highest BCUT2D eigenvalue weighted by atomic mass is 32.1. The molecule has 1 N–H and O–H groups in total. The van der Waals surface area contributed by atoms with Crippen LogP contribution in [-0.4, -0.2) is 65.5 Å². The number of rotatable bonds is 7. The molecule has 3 aromatic carbocycles. The Balaban J connectivity index is 1.44. The summed E-state index contributed by atoms with van der Waals surface area (Å²) in [5, 5.41) is 4.10. The zero-order valence-electron chi connectivity index (χ0n) is 21.5. The summed E-state index contributed by atoms with van der Waals surface area (Å²) in [6.45, 7) is 9.42. The number of carbonyl (C=O) groups is 1. The van der Waals surface area contributed by atoms with Crippen LogP contribution < -0.4 is 5.32 Å². The fraction of sp³-hybridized carbons (Fsp3) is 0.333. The number of hydrogen-bond acceptors (Lipinski definition) is 3. The third-order valence-corrected chi connectivity index (χ3v) is 6.82. The second kappa shape index (κ2) is 12.2. The predicted octanol–water partition coefficient (Wildman–Crippen LogP) is 5.60. The molecular weight excluding hydrogens is 464 g/mol. The number of carbonyl (C=O) groups excluding carboxylic acids is 1. The minimum atomic E-state index is 0.116. The Kier molecular flexibility index (Phi) is 8.73. The fourth-order valence-electron chi connectivity index (χ4n) is 4.43.